The van der Waals surface area contributed by atoms with E-state index in [1.54, 1.807) is 6.20 Å². The molecule has 2 saturated carbocycles. The standard InChI is InChI=1S/C28H33N3O4S/c1-16-14-30-26(36-16)31-24(33)9-5-19-13-28(34,15-29)27(3)11-10-22-21-8-6-20(35-17(2)32)12-18(21)4-7-23(22)25(19)27/h6,8,12,14,19,22-23,25,34H,4-5,7,9-11,13H2,1-3H3,(H,30,31,33). The van der Waals surface area contributed by atoms with Gasteiger partial charge in [0.15, 0.2) is 10.7 Å². The molecule has 8 heteroatoms. The van der Waals surface area contributed by atoms with Crippen LogP contribution in [0.2, 0.25) is 0 Å². The van der Waals surface area contributed by atoms with Crippen molar-refractivity contribution >= 4 is 28.3 Å². The number of aryl methyl sites for hydroxylation is 2. The van der Waals surface area contributed by atoms with Gasteiger partial charge in [-0.1, -0.05) is 13.0 Å². The third kappa shape index (κ3) is 4.22. The molecule has 0 spiro atoms. The van der Waals surface area contributed by atoms with Crippen molar-refractivity contribution in [2.24, 2.45) is 23.2 Å². The number of carbonyl (C=O) groups is 2. The minimum absolute atomic E-state index is 0.0715. The molecule has 1 amide bonds. The number of carbonyl (C=O) groups excluding carboxylic acids is 2. The van der Waals surface area contributed by atoms with Crippen molar-refractivity contribution in [3.63, 3.8) is 0 Å². The molecule has 0 aliphatic heterocycles. The number of amides is 1. The van der Waals surface area contributed by atoms with Crippen molar-refractivity contribution in [3.05, 3.63) is 40.4 Å². The fourth-order valence-electron chi connectivity index (χ4n) is 7.50. The number of ether oxygens (including phenoxy) is 1. The summed E-state index contributed by atoms with van der Waals surface area (Å²) >= 11 is 1.45. The fraction of sp³-hybridized carbons (Fsp3) is 0.571. The lowest BCUT2D eigenvalue weighted by atomic mass is 9.52. The Morgan fingerprint density at radius 2 is 2.17 bits per heavy atom. The Kier molecular flexibility index (Phi) is 6.42. The first kappa shape index (κ1) is 24.9. The summed E-state index contributed by atoms with van der Waals surface area (Å²) in [5.41, 5.74) is 0.649. The number of nitrogens with zero attached hydrogens (tertiary/aromatic N) is 2. The Morgan fingerprint density at radius 1 is 1.36 bits per heavy atom. The molecule has 2 N–H and O–H groups in total. The van der Waals surface area contributed by atoms with Gasteiger partial charge in [-0.3, -0.25) is 9.59 Å². The highest BCUT2D eigenvalue weighted by atomic mass is 32.1. The monoisotopic (exact) mass is 507 g/mol. The van der Waals surface area contributed by atoms with E-state index in [0.717, 1.165) is 30.6 Å². The highest BCUT2D eigenvalue weighted by Gasteiger charge is 2.65. The number of esters is 1. The molecule has 0 radical (unpaired) electrons. The average Bonchev–Trinajstić information content (AvgIpc) is 3.34. The molecule has 0 bridgehead atoms. The zero-order valence-electron chi connectivity index (χ0n) is 21.0. The van der Waals surface area contributed by atoms with Gasteiger partial charge in [0.05, 0.1) is 6.07 Å². The van der Waals surface area contributed by atoms with Gasteiger partial charge in [-0.25, -0.2) is 4.98 Å². The Bertz CT molecular complexity index is 1240. The molecule has 5 rings (SSSR count). The summed E-state index contributed by atoms with van der Waals surface area (Å²) in [6, 6.07) is 8.24. The maximum absolute atomic E-state index is 12.7. The maximum Gasteiger partial charge on any atom is 0.308 e. The topological polar surface area (TPSA) is 112 Å². The number of anilines is 1. The largest absolute Gasteiger partial charge is 0.427 e. The normalized spacial score (nSPS) is 32.5. The van der Waals surface area contributed by atoms with Crippen molar-refractivity contribution < 1.29 is 19.4 Å². The molecule has 1 aromatic heterocycles. The molecule has 1 heterocycles. The number of hydrogen-bond donors (Lipinski definition) is 2. The average molecular weight is 508 g/mol. The van der Waals surface area contributed by atoms with Crippen LogP contribution in [-0.2, 0) is 16.0 Å². The molecule has 190 valence electrons. The molecule has 6 atom stereocenters. The number of hydrogen-bond acceptors (Lipinski definition) is 7. The van der Waals surface area contributed by atoms with E-state index in [0.29, 0.717) is 42.0 Å². The molecule has 2 aromatic rings. The highest BCUT2D eigenvalue weighted by molar-refractivity contribution is 7.15. The van der Waals surface area contributed by atoms with E-state index in [4.69, 9.17) is 4.74 Å². The van der Waals surface area contributed by atoms with E-state index >= 15 is 0 Å². The number of fused-ring (bicyclic) bond motifs is 5. The van der Waals surface area contributed by atoms with Gasteiger partial charge in [-0.05, 0) is 92.4 Å². The second-order valence-electron chi connectivity index (χ2n) is 11.0. The number of benzene rings is 1. The molecule has 7 nitrogen and oxygen atoms in total. The van der Waals surface area contributed by atoms with Crippen molar-refractivity contribution in [1.82, 2.24) is 4.98 Å². The van der Waals surface area contributed by atoms with Gasteiger partial charge < -0.3 is 15.2 Å². The number of nitriles is 1. The number of aliphatic hydroxyl groups is 1. The Morgan fingerprint density at radius 3 is 2.86 bits per heavy atom. The van der Waals surface area contributed by atoms with Crippen LogP contribution >= 0.6 is 11.3 Å². The lowest BCUT2D eigenvalue weighted by Gasteiger charge is -2.52. The number of rotatable bonds is 5. The fourth-order valence-corrected chi connectivity index (χ4v) is 8.18. The molecule has 3 aliphatic rings. The minimum atomic E-state index is -1.38. The van der Waals surface area contributed by atoms with Crippen LogP contribution in [-0.4, -0.2) is 27.6 Å². The lowest BCUT2D eigenvalue weighted by molar-refractivity contribution is -0.131. The number of nitrogens with one attached hydrogen (secondary N) is 1. The zero-order chi connectivity index (χ0) is 25.7. The van der Waals surface area contributed by atoms with E-state index in [1.165, 1.54) is 29.4 Å². The zero-order valence-corrected chi connectivity index (χ0v) is 21.9. The van der Waals surface area contributed by atoms with Crippen molar-refractivity contribution in [2.45, 2.75) is 77.2 Å². The quantitative estimate of drug-likeness (QED) is 0.329. The van der Waals surface area contributed by atoms with Gasteiger partial charge >= 0.3 is 5.97 Å². The number of thiazole rings is 1. The number of aromatic nitrogens is 1. The first-order chi connectivity index (χ1) is 17.1. The highest BCUT2D eigenvalue weighted by Crippen LogP contribution is 2.66. The first-order valence-electron chi connectivity index (χ1n) is 12.8. The van der Waals surface area contributed by atoms with E-state index in [9.17, 15) is 20.0 Å². The van der Waals surface area contributed by atoms with E-state index < -0.39 is 11.0 Å². The third-order valence-corrected chi connectivity index (χ3v) is 9.84. The molecule has 6 unspecified atom stereocenters. The summed E-state index contributed by atoms with van der Waals surface area (Å²) in [6.07, 6.45) is 6.67. The molecule has 0 saturated heterocycles. The molecule has 2 fully saturated rings. The van der Waals surface area contributed by atoms with Crippen LogP contribution in [0.3, 0.4) is 0 Å². The Hall–Kier alpha value is -2.76. The third-order valence-electron chi connectivity index (χ3n) is 9.02. The summed E-state index contributed by atoms with van der Waals surface area (Å²) in [5.74, 6) is 1.13. The van der Waals surface area contributed by atoms with Gasteiger partial charge in [0.25, 0.3) is 0 Å². The predicted octanol–water partition coefficient (Wildman–Crippen LogP) is 5.13. The van der Waals surface area contributed by atoms with E-state index in [-0.39, 0.29) is 23.7 Å². The summed E-state index contributed by atoms with van der Waals surface area (Å²) in [7, 11) is 0. The minimum Gasteiger partial charge on any atom is -0.427 e. The second-order valence-corrected chi connectivity index (χ2v) is 12.3. The van der Waals surface area contributed by atoms with Crippen LogP contribution in [0.4, 0.5) is 5.13 Å². The molecule has 3 aliphatic carbocycles. The van der Waals surface area contributed by atoms with Gasteiger partial charge in [-0.2, -0.15) is 5.26 Å². The van der Waals surface area contributed by atoms with Crippen LogP contribution in [0, 0.1) is 41.4 Å². The first-order valence-corrected chi connectivity index (χ1v) is 13.6. The Balaban J connectivity index is 1.38. The predicted molar refractivity (Wildman–Crippen MR) is 137 cm³/mol. The molecule has 36 heavy (non-hydrogen) atoms. The van der Waals surface area contributed by atoms with Crippen molar-refractivity contribution in [1.29, 1.82) is 5.26 Å². The molecular weight excluding hydrogens is 474 g/mol. The molecule has 1 aromatic carbocycles. The lowest BCUT2D eigenvalue weighted by Crippen LogP contribution is -2.50. The van der Waals surface area contributed by atoms with Crippen LogP contribution in [0.15, 0.2) is 24.4 Å². The van der Waals surface area contributed by atoms with Crippen molar-refractivity contribution in [2.75, 3.05) is 5.32 Å². The van der Waals surface area contributed by atoms with Crippen molar-refractivity contribution in [3.8, 4) is 11.8 Å². The van der Waals surface area contributed by atoms with E-state index in [2.05, 4.69) is 29.4 Å². The van der Waals surface area contributed by atoms with E-state index in [1.807, 2.05) is 19.1 Å². The van der Waals surface area contributed by atoms with Gasteiger partial charge in [0.1, 0.15) is 5.75 Å². The van der Waals surface area contributed by atoms with Crippen LogP contribution in [0.1, 0.15) is 74.3 Å². The Labute approximate surface area is 215 Å². The summed E-state index contributed by atoms with van der Waals surface area (Å²) in [4.78, 5) is 29.4. The summed E-state index contributed by atoms with van der Waals surface area (Å²) < 4.78 is 5.31. The van der Waals surface area contributed by atoms with Gasteiger partial charge in [0.2, 0.25) is 5.91 Å². The van der Waals surface area contributed by atoms with Crippen LogP contribution in [0.5, 0.6) is 5.75 Å². The molecular formula is C28H33N3O4S. The summed E-state index contributed by atoms with van der Waals surface area (Å²) in [6.45, 7) is 5.45. The SMILES string of the molecule is CC(=O)Oc1ccc2c(c1)CCC1C2CCC2(C)C1C(CCC(=O)Nc1ncc(C)s1)CC2(O)C#N. The van der Waals surface area contributed by atoms with Gasteiger partial charge in [-0.15, -0.1) is 11.3 Å². The smallest absolute Gasteiger partial charge is 0.308 e. The maximum atomic E-state index is 12.7. The summed E-state index contributed by atoms with van der Waals surface area (Å²) in [5, 5.41) is 25.1. The van der Waals surface area contributed by atoms with Crippen LogP contribution in [0.25, 0.3) is 0 Å². The van der Waals surface area contributed by atoms with Crippen LogP contribution < -0.4 is 10.1 Å². The van der Waals surface area contributed by atoms with Gasteiger partial charge in [0, 0.05) is 29.8 Å². The second kappa shape index (κ2) is 9.28.